The predicted molar refractivity (Wildman–Crippen MR) is 115 cm³/mol. The van der Waals surface area contributed by atoms with Crippen molar-refractivity contribution in [3.63, 3.8) is 0 Å². The van der Waals surface area contributed by atoms with E-state index in [1.165, 1.54) is 35.0 Å². The van der Waals surface area contributed by atoms with E-state index in [-0.39, 0.29) is 35.3 Å². The van der Waals surface area contributed by atoms with Gasteiger partial charge in [-0.15, -0.1) is 0 Å². The van der Waals surface area contributed by atoms with Crippen LogP contribution in [-0.2, 0) is 6.54 Å². The maximum absolute atomic E-state index is 14.1. The summed E-state index contributed by atoms with van der Waals surface area (Å²) in [5.41, 5.74) is 0.514. The van der Waals surface area contributed by atoms with Crippen molar-refractivity contribution >= 4 is 23.0 Å². The Hall–Kier alpha value is -4.14. The molecule has 0 amide bonds. The van der Waals surface area contributed by atoms with Gasteiger partial charge in [-0.25, -0.2) is 18.6 Å². The lowest BCUT2D eigenvalue weighted by Gasteiger charge is -2.16. The van der Waals surface area contributed by atoms with Crippen LogP contribution in [0.15, 0.2) is 65.6 Å². The van der Waals surface area contributed by atoms with E-state index in [4.69, 9.17) is 5.11 Å². The van der Waals surface area contributed by atoms with Crippen LogP contribution in [0.2, 0.25) is 0 Å². The zero-order valence-electron chi connectivity index (χ0n) is 16.9. The van der Waals surface area contributed by atoms with Crippen LogP contribution in [-0.4, -0.2) is 25.6 Å². The van der Waals surface area contributed by atoms with Gasteiger partial charge in [0, 0.05) is 23.2 Å². The first-order valence-electron chi connectivity index (χ1n) is 9.73. The maximum Gasteiger partial charge on any atom is 0.335 e. The van der Waals surface area contributed by atoms with Gasteiger partial charge in [0.05, 0.1) is 18.2 Å². The molecule has 4 aromatic rings. The summed E-state index contributed by atoms with van der Waals surface area (Å²) in [6.45, 7) is 1.52. The summed E-state index contributed by atoms with van der Waals surface area (Å²) in [6, 6.07) is 12.4. The molecule has 0 saturated heterocycles. The lowest BCUT2D eigenvalue weighted by atomic mass is 10.1. The average molecular weight is 436 g/mol. The molecule has 0 aliphatic carbocycles. The Morgan fingerprint density at radius 2 is 1.78 bits per heavy atom. The third kappa shape index (κ3) is 4.18. The molecule has 32 heavy (non-hydrogen) atoms. The predicted octanol–water partition coefficient (Wildman–Crippen LogP) is 3.99. The molecule has 0 aliphatic rings. The van der Waals surface area contributed by atoms with Crippen LogP contribution in [0.1, 0.15) is 34.5 Å². The first-order valence-corrected chi connectivity index (χ1v) is 9.73. The van der Waals surface area contributed by atoms with E-state index in [1.54, 1.807) is 18.2 Å². The van der Waals surface area contributed by atoms with Crippen LogP contribution in [0, 0.1) is 11.6 Å². The standard InChI is InChI=1S/C23H18F2N4O3/c1-13(14-5-7-15(8-6-14)22(31)32)27-23-26-11-16-9-10-20(30)29(21(16)28-23)12-17-18(24)3-2-4-19(17)25/h2-11,13H,12H2,1H3,(H,31,32)(H,26,27,28)/t13-/m0/s1. The quantitative estimate of drug-likeness (QED) is 0.474. The average Bonchev–Trinajstić information content (AvgIpc) is 2.77. The molecule has 9 heteroatoms. The number of hydrogen-bond acceptors (Lipinski definition) is 5. The monoisotopic (exact) mass is 436 g/mol. The summed E-state index contributed by atoms with van der Waals surface area (Å²) >= 11 is 0. The molecule has 2 heterocycles. The molecule has 0 aliphatic heterocycles. The first kappa shape index (κ1) is 21.1. The van der Waals surface area contributed by atoms with Gasteiger partial charge in [-0.05, 0) is 42.8 Å². The second kappa shape index (κ2) is 8.54. The fraction of sp³-hybridized carbons (Fsp3) is 0.130. The number of rotatable bonds is 6. The van der Waals surface area contributed by atoms with Crippen molar-refractivity contribution in [1.29, 1.82) is 0 Å². The second-order valence-corrected chi connectivity index (χ2v) is 7.22. The van der Waals surface area contributed by atoms with Gasteiger partial charge in [0.25, 0.3) is 5.56 Å². The van der Waals surface area contributed by atoms with Crippen molar-refractivity contribution in [3.05, 3.63) is 99.5 Å². The van der Waals surface area contributed by atoms with Crippen molar-refractivity contribution in [2.24, 2.45) is 0 Å². The molecule has 7 nitrogen and oxygen atoms in total. The molecule has 4 rings (SSSR count). The van der Waals surface area contributed by atoms with Gasteiger partial charge in [0.15, 0.2) is 0 Å². The van der Waals surface area contributed by atoms with E-state index in [0.717, 1.165) is 17.7 Å². The molecular formula is C23H18F2N4O3. The number of pyridine rings is 1. The fourth-order valence-electron chi connectivity index (χ4n) is 3.33. The first-order chi connectivity index (χ1) is 15.3. The van der Waals surface area contributed by atoms with Gasteiger partial charge < -0.3 is 10.4 Å². The Labute approximate surface area is 181 Å². The highest BCUT2D eigenvalue weighted by Crippen LogP contribution is 2.20. The lowest BCUT2D eigenvalue weighted by molar-refractivity contribution is 0.0697. The Balaban J connectivity index is 1.68. The van der Waals surface area contributed by atoms with Crippen molar-refractivity contribution in [3.8, 4) is 0 Å². The summed E-state index contributed by atoms with van der Waals surface area (Å²) < 4.78 is 29.5. The highest BCUT2D eigenvalue weighted by atomic mass is 19.1. The van der Waals surface area contributed by atoms with Gasteiger partial charge >= 0.3 is 5.97 Å². The lowest BCUT2D eigenvalue weighted by Crippen LogP contribution is -2.22. The summed E-state index contributed by atoms with van der Waals surface area (Å²) in [5.74, 6) is -2.31. The summed E-state index contributed by atoms with van der Waals surface area (Å²) in [5, 5.41) is 12.7. The van der Waals surface area contributed by atoms with E-state index in [1.807, 2.05) is 6.92 Å². The minimum Gasteiger partial charge on any atom is -0.478 e. The number of nitrogens with one attached hydrogen (secondary N) is 1. The Bertz CT molecular complexity index is 1350. The molecule has 0 fully saturated rings. The number of carboxylic acids is 1. The number of aromatic carboxylic acids is 1. The molecule has 0 bridgehead atoms. The number of fused-ring (bicyclic) bond motifs is 1. The highest BCUT2D eigenvalue weighted by molar-refractivity contribution is 5.87. The summed E-state index contributed by atoms with van der Waals surface area (Å²) in [6.07, 6.45) is 1.51. The molecule has 0 saturated carbocycles. The van der Waals surface area contributed by atoms with Crippen molar-refractivity contribution < 1.29 is 18.7 Å². The van der Waals surface area contributed by atoms with E-state index in [0.29, 0.717) is 5.39 Å². The largest absolute Gasteiger partial charge is 0.478 e. The topological polar surface area (TPSA) is 97.1 Å². The van der Waals surface area contributed by atoms with E-state index < -0.39 is 23.2 Å². The second-order valence-electron chi connectivity index (χ2n) is 7.22. The number of anilines is 1. The number of carboxylic acid groups (broad SMARTS) is 1. The molecule has 0 unspecified atom stereocenters. The van der Waals surface area contributed by atoms with Gasteiger partial charge in [-0.3, -0.25) is 9.36 Å². The number of halogens is 2. The smallest absolute Gasteiger partial charge is 0.335 e. The van der Waals surface area contributed by atoms with E-state index in [2.05, 4.69) is 15.3 Å². The Morgan fingerprint density at radius 1 is 1.09 bits per heavy atom. The minimum absolute atomic E-state index is 0.173. The van der Waals surface area contributed by atoms with E-state index >= 15 is 0 Å². The van der Waals surface area contributed by atoms with Gasteiger partial charge in [-0.1, -0.05) is 18.2 Å². The molecule has 2 aromatic carbocycles. The Morgan fingerprint density at radius 3 is 2.44 bits per heavy atom. The zero-order valence-corrected chi connectivity index (χ0v) is 16.9. The number of benzene rings is 2. The maximum atomic E-state index is 14.1. The van der Waals surface area contributed by atoms with Crippen molar-refractivity contribution in [2.45, 2.75) is 19.5 Å². The number of aromatic nitrogens is 3. The van der Waals surface area contributed by atoms with Crippen LogP contribution in [0.4, 0.5) is 14.7 Å². The molecule has 0 radical (unpaired) electrons. The van der Waals surface area contributed by atoms with Crippen LogP contribution >= 0.6 is 0 Å². The summed E-state index contributed by atoms with van der Waals surface area (Å²) in [7, 11) is 0. The molecule has 1 atom stereocenters. The number of nitrogens with zero attached hydrogens (tertiary/aromatic N) is 3. The SMILES string of the molecule is C[C@H](Nc1ncc2ccc(=O)n(Cc3c(F)cccc3F)c2n1)c1ccc(C(=O)O)cc1. The molecule has 2 aromatic heterocycles. The fourth-order valence-corrected chi connectivity index (χ4v) is 3.33. The Kier molecular flexibility index (Phi) is 5.63. The van der Waals surface area contributed by atoms with Gasteiger partial charge in [0.1, 0.15) is 17.3 Å². The number of hydrogen-bond donors (Lipinski definition) is 2. The number of carbonyl (C=O) groups is 1. The summed E-state index contributed by atoms with van der Waals surface area (Å²) in [4.78, 5) is 32.2. The molecule has 0 spiro atoms. The highest BCUT2D eigenvalue weighted by Gasteiger charge is 2.14. The third-order valence-corrected chi connectivity index (χ3v) is 5.10. The molecule has 2 N–H and O–H groups in total. The van der Waals surface area contributed by atoms with Crippen LogP contribution < -0.4 is 10.9 Å². The minimum atomic E-state index is -1.01. The molecular weight excluding hydrogens is 418 g/mol. The van der Waals surface area contributed by atoms with Gasteiger partial charge in [0.2, 0.25) is 5.95 Å². The zero-order chi connectivity index (χ0) is 22.8. The van der Waals surface area contributed by atoms with Gasteiger partial charge in [-0.2, -0.15) is 4.98 Å². The van der Waals surface area contributed by atoms with Crippen LogP contribution in [0.5, 0.6) is 0 Å². The van der Waals surface area contributed by atoms with E-state index in [9.17, 15) is 18.4 Å². The van der Waals surface area contributed by atoms with Crippen molar-refractivity contribution in [2.75, 3.05) is 5.32 Å². The van der Waals surface area contributed by atoms with Crippen molar-refractivity contribution in [1.82, 2.24) is 14.5 Å². The third-order valence-electron chi connectivity index (χ3n) is 5.10. The molecule has 162 valence electrons. The van der Waals surface area contributed by atoms with Crippen LogP contribution in [0.25, 0.3) is 11.0 Å². The van der Waals surface area contributed by atoms with Crippen LogP contribution in [0.3, 0.4) is 0 Å². The normalized spacial score (nSPS) is 12.0.